The van der Waals surface area contributed by atoms with Crippen LogP contribution in [-0.2, 0) is 14.3 Å². The van der Waals surface area contributed by atoms with Gasteiger partial charge in [-0.2, -0.15) is 0 Å². The Morgan fingerprint density at radius 3 is 2.52 bits per heavy atom. The smallest absolute Gasteiger partial charge is 0.243 e. The summed E-state index contributed by atoms with van der Waals surface area (Å²) in [7, 11) is 1.86. The van der Waals surface area contributed by atoms with E-state index in [1.54, 1.807) is 4.90 Å². The van der Waals surface area contributed by atoms with Crippen molar-refractivity contribution in [1.29, 1.82) is 0 Å². The molecule has 1 amide bonds. The van der Waals surface area contributed by atoms with Gasteiger partial charge in [-0.15, -0.1) is 12.4 Å². The number of rotatable bonds is 3. The Morgan fingerprint density at radius 2 is 1.87 bits per heavy atom. The first-order chi connectivity index (χ1) is 10.4. The molecular formula is C17H31ClN2O3. The molecule has 134 valence electrons. The Morgan fingerprint density at radius 1 is 1.17 bits per heavy atom. The van der Waals surface area contributed by atoms with E-state index < -0.39 is 5.54 Å². The van der Waals surface area contributed by atoms with Gasteiger partial charge in [-0.1, -0.05) is 13.8 Å². The second-order valence-corrected chi connectivity index (χ2v) is 7.81. The van der Waals surface area contributed by atoms with Crippen LogP contribution < -0.4 is 5.73 Å². The normalized spacial score (nSPS) is 38.7. The summed E-state index contributed by atoms with van der Waals surface area (Å²) in [5, 5.41) is 0. The maximum Gasteiger partial charge on any atom is 0.243 e. The average Bonchev–Trinajstić information content (AvgIpc) is 2.54. The first-order valence-electron chi connectivity index (χ1n) is 8.66. The van der Waals surface area contributed by atoms with Gasteiger partial charge in [0.25, 0.3) is 0 Å². The van der Waals surface area contributed by atoms with E-state index in [2.05, 4.69) is 13.8 Å². The van der Waals surface area contributed by atoms with Crippen LogP contribution in [0, 0.1) is 11.3 Å². The van der Waals surface area contributed by atoms with Crippen LogP contribution in [0.4, 0.5) is 0 Å². The van der Waals surface area contributed by atoms with E-state index in [1.165, 1.54) is 6.42 Å². The van der Waals surface area contributed by atoms with Crippen LogP contribution in [0.25, 0.3) is 0 Å². The van der Waals surface area contributed by atoms with Crippen LogP contribution in [0.5, 0.6) is 0 Å². The van der Waals surface area contributed by atoms with Crippen molar-refractivity contribution in [1.82, 2.24) is 4.90 Å². The third-order valence-electron chi connectivity index (χ3n) is 6.14. The molecule has 6 heteroatoms. The lowest BCUT2D eigenvalue weighted by atomic mass is 9.46. The van der Waals surface area contributed by atoms with Crippen LogP contribution in [0.2, 0.25) is 0 Å². The molecule has 4 unspecified atom stereocenters. The molecule has 23 heavy (non-hydrogen) atoms. The summed E-state index contributed by atoms with van der Waals surface area (Å²) in [5.41, 5.74) is 5.56. The number of nitrogens with zero attached hydrogens (tertiary/aromatic N) is 1. The summed E-state index contributed by atoms with van der Waals surface area (Å²) >= 11 is 0. The molecule has 2 aliphatic heterocycles. The van der Waals surface area contributed by atoms with E-state index >= 15 is 0 Å². The minimum atomic E-state index is -0.804. The number of nitrogens with two attached hydrogens (primary N) is 1. The zero-order valence-electron chi connectivity index (χ0n) is 14.5. The first-order valence-corrected chi connectivity index (χ1v) is 8.66. The maximum absolute atomic E-state index is 13.1. The summed E-state index contributed by atoms with van der Waals surface area (Å²) in [5.74, 6) is 0.205. The minimum Gasteiger partial charge on any atom is -0.377 e. The van der Waals surface area contributed by atoms with Gasteiger partial charge in [0.05, 0.1) is 12.2 Å². The Bertz CT molecular complexity index is 440. The van der Waals surface area contributed by atoms with Crippen LogP contribution in [0.3, 0.4) is 0 Å². The lowest BCUT2D eigenvalue weighted by molar-refractivity contribution is -0.230. The van der Waals surface area contributed by atoms with Gasteiger partial charge in [0, 0.05) is 38.1 Å². The van der Waals surface area contributed by atoms with Gasteiger partial charge in [-0.25, -0.2) is 0 Å². The van der Waals surface area contributed by atoms with Crippen LogP contribution in [-0.4, -0.2) is 55.4 Å². The Kier molecular flexibility index (Phi) is 5.66. The summed E-state index contributed by atoms with van der Waals surface area (Å²) in [6.45, 7) is 6.39. The SMILES string of the molecule is CN(CC1CCCCO1)C(=O)C1(N)C2CCCOC2C1(C)C.Cl. The molecule has 0 spiro atoms. The van der Waals surface area contributed by atoms with Crippen molar-refractivity contribution in [3.63, 3.8) is 0 Å². The van der Waals surface area contributed by atoms with Crippen molar-refractivity contribution in [2.75, 3.05) is 26.8 Å². The highest BCUT2D eigenvalue weighted by Gasteiger charge is 2.70. The van der Waals surface area contributed by atoms with E-state index in [0.717, 1.165) is 38.9 Å². The van der Waals surface area contributed by atoms with E-state index in [9.17, 15) is 4.79 Å². The number of carbonyl (C=O) groups is 1. The second kappa shape index (κ2) is 6.87. The van der Waals surface area contributed by atoms with Gasteiger partial charge in [0.2, 0.25) is 5.91 Å². The Balaban J connectivity index is 0.00000192. The number of halogens is 1. The summed E-state index contributed by atoms with van der Waals surface area (Å²) < 4.78 is 11.7. The van der Waals surface area contributed by atoms with Crippen molar-refractivity contribution < 1.29 is 14.3 Å². The molecule has 0 aromatic rings. The number of hydrogen-bond acceptors (Lipinski definition) is 4. The lowest BCUT2D eigenvalue weighted by Crippen LogP contribution is -2.82. The standard InChI is InChI=1S/C17H30N2O3.ClH/c1-16(2)14-13(8-6-10-22-14)17(16,18)15(20)19(3)11-12-7-4-5-9-21-12;/h12-14H,4-11,18H2,1-3H3;1H. The molecule has 0 radical (unpaired) electrons. The van der Waals surface area contributed by atoms with E-state index in [-0.39, 0.29) is 41.9 Å². The average molecular weight is 347 g/mol. The molecule has 0 bridgehead atoms. The molecular weight excluding hydrogens is 316 g/mol. The molecule has 3 aliphatic rings. The minimum absolute atomic E-state index is 0. The molecule has 3 fully saturated rings. The van der Waals surface area contributed by atoms with Gasteiger partial charge in [0.1, 0.15) is 5.54 Å². The molecule has 0 aromatic heterocycles. The number of fused-ring (bicyclic) bond motifs is 1. The fourth-order valence-electron chi connectivity index (χ4n) is 4.67. The number of likely N-dealkylation sites (N-methyl/N-ethyl adjacent to an activating group) is 1. The number of ether oxygens (including phenoxy) is 2. The predicted molar refractivity (Wildman–Crippen MR) is 91.6 cm³/mol. The fraction of sp³-hybridized carbons (Fsp3) is 0.941. The number of amides is 1. The third kappa shape index (κ3) is 2.90. The molecule has 1 saturated carbocycles. The zero-order chi connectivity index (χ0) is 16.0. The summed E-state index contributed by atoms with van der Waals surface area (Å²) in [6, 6.07) is 0. The largest absolute Gasteiger partial charge is 0.377 e. The highest BCUT2D eigenvalue weighted by molar-refractivity contribution is 5.89. The predicted octanol–water partition coefficient (Wildman–Crippen LogP) is 1.97. The highest BCUT2D eigenvalue weighted by atomic mass is 35.5. The summed E-state index contributed by atoms with van der Waals surface area (Å²) in [6.07, 6.45) is 5.62. The summed E-state index contributed by atoms with van der Waals surface area (Å²) in [4.78, 5) is 14.9. The maximum atomic E-state index is 13.1. The molecule has 4 atom stereocenters. The van der Waals surface area contributed by atoms with Crippen LogP contribution in [0.1, 0.15) is 46.0 Å². The Hall–Kier alpha value is -0.360. The molecule has 0 aromatic carbocycles. The van der Waals surface area contributed by atoms with Gasteiger partial charge in [-0.3, -0.25) is 4.79 Å². The molecule has 3 rings (SSSR count). The number of carbonyl (C=O) groups excluding carboxylic acids is 1. The van der Waals surface area contributed by atoms with Crippen molar-refractivity contribution in [3.05, 3.63) is 0 Å². The molecule has 2 N–H and O–H groups in total. The molecule has 1 aliphatic carbocycles. The molecule has 2 heterocycles. The first kappa shape index (κ1) is 19.0. The third-order valence-corrected chi connectivity index (χ3v) is 6.14. The van der Waals surface area contributed by atoms with Crippen LogP contribution >= 0.6 is 12.4 Å². The van der Waals surface area contributed by atoms with Gasteiger partial charge in [0.15, 0.2) is 0 Å². The highest BCUT2D eigenvalue weighted by Crippen LogP contribution is 2.57. The van der Waals surface area contributed by atoms with Gasteiger partial charge in [-0.05, 0) is 32.1 Å². The van der Waals surface area contributed by atoms with Crippen molar-refractivity contribution >= 4 is 18.3 Å². The zero-order valence-corrected chi connectivity index (χ0v) is 15.4. The van der Waals surface area contributed by atoms with Gasteiger partial charge < -0.3 is 20.1 Å². The van der Waals surface area contributed by atoms with E-state index in [1.807, 2.05) is 7.05 Å². The topological polar surface area (TPSA) is 64.8 Å². The second-order valence-electron chi connectivity index (χ2n) is 7.81. The van der Waals surface area contributed by atoms with E-state index in [4.69, 9.17) is 15.2 Å². The lowest BCUT2D eigenvalue weighted by Gasteiger charge is -2.65. The van der Waals surface area contributed by atoms with Crippen molar-refractivity contribution in [2.24, 2.45) is 17.1 Å². The quantitative estimate of drug-likeness (QED) is 0.848. The molecule has 5 nitrogen and oxygen atoms in total. The fourth-order valence-corrected chi connectivity index (χ4v) is 4.67. The Labute approximate surface area is 145 Å². The van der Waals surface area contributed by atoms with Crippen molar-refractivity contribution in [2.45, 2.75) is 63.7 Å². The monoisotopic (exact) mass is 346 g/mol. The van der Waals surface area contributed by atoms with E-state index in [0.29, 0.717) is 6.54 Å². The van der Waals surface area contributed by atoms with Gasteiger partial charge >= 0.3 is 0 Å². The number of hydrogen-bond donors (Lipinski definition) is 1. The van der Waals surface area contributed by atoms with Crippen LogP contribution in [0.15, 0.2) is 0 Å². The molecule has 2 saturated heterocycles. The van der Waals surface area contributed by atoms with Crippen molar-refractivity contribution in [3.8, 4) is 0 Å².